The topological polar surface area (TPSA) is 81.1 Å². The average Bonchev–Trinajstić information content (AvgIpc) is 3.03. The first-order chi connectivity index (χ1) is 14.7. The van der Waals surface area contributed by atoms with Crippen molar-refractivity contribution < 1.29 is 24.2 Å². The van der Waals surface area contributed by atoms with E-state index >= 15 is 0 Å². The molecule has 1 fully saturated rings. The van der Waals surface area contributed by atoms with Crippen LogP contribution in [0.15, 0.2) is 54.6 Å². The zero-order valence-electron chi connectivity index (χ0n) is 17.1. The molecule has 1 saturated heterocycles. The minimum atomic E-state index is -1.26. The fraction of sp³-hybridized carbons (Fsp3) is 0.304. The van der Waals surface area contributed by atoms with Gasteiger partial charge in [0.1, 0.15) is 5.82 Å². The van der Waals surface area contributed by atoms with E-state index in [2.05, 4.69) is 22.9 Å². The highest BCUT2D eigenvalue weighted by atomic mass is 35.5. The number of nitrogens with zero attached hydrogens (tertiary/aromatic N) is 2. The van der Waals surface area contributed by atoms with Gasteiger partial charge < -0.3 is 20.0 Å². The second-order valence-corrected chi connectivity index (χ2v) is 8.23. The first-order valence-corrected chi connectivity index (χ1v) is 10.2. The quantitative estimate of drug-likeness (QED) is 0.684. The van der Waals surface area contributed by atoms with Crippen LogP contribution in [-0.2, 0) is 15.0 Å². The smallest absolute Gasteiger partial charge is 0.328 e. The van der Waals surface area contributed by atoms with E-state index in [0.29, 0.717) is 22.9 Å². The molecule has 0 atom stereocenters. The molecule has 0 amide bonds. The number of hydrogen-bond donors (Lipinski definition) is 2. The van der Waals surface area contributed by atoms with Crippen molar-refractivity contribution >= 4 is 34.9 Å². The summed E-state index contributed by atoms with van der Waals surface area (Å²) in [6, 6.07) is 13.1. The number of carbonyl (C=O) groups is 2. The average molecular weight is 447 g/mol. The molecule has 4 rings (SSSR count). The molecule has 0 saturated carbocycles. The van der Waals surface area contributed by atoms with Gasteiger partial charge in [0.15, 0.2) is 0 Å². The Bertz CT molecular complexity index is 987. The van der Waals surface area contributed by atoms with Crippen molar-refractivity contribution in [2.45, 2.75) is 18.3 Å². The molecule has 2 aromatic carbocycles. The molecule has 0 aromatic heterocycles. The summed E-state index contributed by atoms with van der Waals surface area (Å²) in [5.74, 6) is -2.69. The van der Waals surface area contributed by atoms with Crippen molar-refractivity contribution in [2.24, 2.45) is 0 Å². The highest BCUT2D eigenvalue weighted by Crippen LogP contribution is 2.50. The molecular formula is C23H24ClFN2O4. The van der Waals surface area contributed by atoms with Crippen LogP contribution in [0.25, 0.3) is 0 Å². The van der Waals surface area contributed by atoms with Crippen molar-refractivity contribution in [3.63, 3.8) is 0 Å². The summed E-state index contributed by atoms with van der Waals surface area (Å²) in [7, 11) is 2.17. The summed E-state index contributed by atoms with van der Waals surface area (Å²) >= 11 is 6.24. The molecule has 6 nitrogen and oxygen atoms in total. The zero-order chi connectivity index (χ0) is 22.6. The molecule has 2 heterocycles. The standard InChI is InChI=1S/C19H20ClFN2.C4H4O4/c1-22-10-8-19(9-11-22)13-23(17-5-3-2-4-16(17)21)18-12-14(20)6-7-15(18)19;5-3(6)1-2-4(7)8/h2-7,12H,8-11,13H2,1H3;1-2H,(H,5,6)(H,7,8)/b;2-1-. The molecule has 0 radical (unpaired) electrons. The molecule has 2 aliphatic heterocycles. The minimum Gasteiger partial charge on any atom is -0.478 e. The predicted molar refractivity (Wildman–Crippen MR) is 118 cm³/mol. The SMILES string of the molecule is CN1CCC2(CC1)CN(c1ccccc1F)c1cc(Cl)ccc12.O=C(O)/C=C\C(=O)O. The van der Waals surface area contributed by atoms with Crippen LogP contribution < -0.4 is 4.90 Å². The molecule has 8 heteroatoms. The molecular weight excluding hydrogens is 423 g/mol. The van der Waals surface area contributed by atoms with Crippen molar-refractivity contribution in [3.8, 4) is 0 Å². The summed E-state index contributed by atoms with van der Waals surface area (Å²) in [6.07, 6.45) is 3.32. The maximum absolute atomic E-state index is 14.4. The molecule has 0 unspecified atom stereocenters. The largest absolute Gasteiger partial charge is 0.478 e. The number of carboxylic acid groups (broad SMARTS) is 2. The van der Waals surface area contributed by atoms with Gasteiger partial charge in [-0.05, 0) is 62.8 Å². The van der Waals surface area contributed by atoms with Crippen LogP contribution in [0.1, 0.15) is 18.4 Å². The van der Waals surface area contributed by atoms with E-state index in [9.17, 15) is 14.0 Å². The highest BCUT2D eigenvalue weighted by Gasteiger charge is 2.45. The molecule has 31 heavy (non-hydrogen) atoms. The number of para-hydroxylation sites is 1. The molecule has 164 valence electrons. The van der Waals surface area contributed by atoms with Crippen LogP contribution in [-0.4, -0.2) is 53.7 Å². The number of anilines is 2. The van der Waals surface area contributed by atoms with Gasteiger partial charge in [0, 0.05) is 34.8 Å². The highest BCUT2D eigenvalue weighted by molar-refractivity contribution is 6.31. The number of piperidine rings is 1. The van der Waals surface area contributed by atoms with Crippen molar-refractivity contribution in [1.29, 1.82) is 0 Å². The summed E-state index contributed by atoms with van der Waals surface area (Å²) < 4.78 is 14.4. The maximum Gasteiger partial charge on any atom is 0.328 e. The first kappa shape index (κ1) is 22.8. The summed E-state index contributed by atoms with van der Waals surface area (Å²) in [5, 5.41) is 16.3. The van der Waals surface area contributed by atoms with Crippen LogP contribution >= 0.6 is 11.6 Å². The molecule has 1 spiro atoms. The Morgan fingerprint density at radius 1 is 1.03 bits per heavy atom. The zero-order valence-corrected chi connectivity index (χ0v) is 17.8. The lowest BCUT2D eigenvalue weighted by Crippen LogP contribution is -2.43. The fourth-order valence-electron chi connectivity index (χ4n) is 4.15. The molecule has 0 aliphatic carbocycles. The van der Waals surface area contributed by atoms with Crippen LogP contribution in [0.4, 0.5) is 15.8 Å². The predicted octanol–water partition coefficient (Wildman–Crippen LogP) is 4.31. The van der Waals surface area contributed by atoms with Gasteiger partial charge in [-0.3, -0.25) is 0 Å². The third-order valence-electron chi connectivity index (χ3n) is 5.74. The van der Waals surface area contributed by atoms with E-state index in [4.69, 9.17) is 21.8 Å². The van der Waals surface area contributed by atoms with E-state index in [1.54, 1.807) is 6.07 Å². The van der Waals surface area contributed by atoms with Gasteiger partial charge in [0.05, 0.1) is 5.69 Å². The van der Waals surface area contributed by atoms with E-state index in [-0.39, 0.29) is 11.2 Å². The third-order valence-corrected chi connectivity index (χ3v) is 5.97. The van der Waals surface area contributed by atoms with Crippen molar-refractivity contribution in [2.75, 3.05) is 31.6 Å². The van der Waals surface area contributed by atoms with Gasteiger partial charge in [0.25, 0.3) is 0 Å². The van der Waals surface area contributed by atoms with E-state index in [0.717, 1.165) is 38.2 Å². The van der Waals surface area contributed by atoms with E-state index in [1.807, 2.05) is 24.3 Å². The van der Waals surface area contributed by atoms with Crippen LogP contribution in [0.3, 0.4) is 0 Å². The molecule has 2 aliphatic rings. The first-order valence-electron chi connectivity index (χ1n) is 9.86. The van der Waals surface area contributed by atoms with Gasteiger partial charge in [-0.25, -0.2) is 14.0 Å². The van der Waals surface area contributed by atoms with Crippen LogP contribution in [0.5, 0.6) is 0 Å². The Morgan fingerprint density at radius 2 is 1.65 bits per heavy atom. The Balaban J connectivity index is 0.000000293. The lowest BCUT2D eigenvalue weighted by atomic mass is 9.74. The second-order valence-electron chi connectivity index (χ2n) is 7.79. The van der Waals surface area contributed by atoms with Crippen molar-refractivity contribution in [1.82, 2.24) is 4.90 Å². The number of aliphatic carboxylic acids is 2. The van der Waals surface area contributed by atoms with Gasteiger partial charge >= 0.3 is 11.9 Å². The number of benzene rings is 2. The van der Waals surface area contributed by atoms with Gasteiger partial charge in [0.2, 0.25) is 0 Å². The van der Waals surface area contributed by atoms with Crippen LogP contribution in [0.2, 0.25) is 5.02 Å². The van der Waals surface area contributed by atoms with Gasteiger partial charge in [-0.2, -0.15) is 0 Å². The van der Waals surface area contributed by atoms with E-state index in [1.165, 1.54) is 11.6 Å². The minimum absolute atomic E-state index is 0.106. The number of fused-ring (bicyclic) bond motifs is 2. The number of halogens is 2. The lowest BCUT2D eigenvalue weighted by Gasteiger charge is -2.38. The number of hydrogen-bond acceptors (Lipinski definition) is 4. The van der Waals surface area contributed by atoms with Crippen LogP contribution in [0, 0.1) is 5.82 Å². The second kappa shape index (κ2) is 9.49. The maximum atomic E-state index is 14.4. The Morgan fingerprint density at radius 3 is 2.23 bits per heavy atom. The van der Waals surface area contributed by atoms with Gasteiger partial charge in [-0.15, -0.1) is 0 Å². The monoisotopic (exact) mass is 446 g/mol. The van der Waals surface area contributed by atoms with Crippen molar-refractivity contribution in [3.05, 3.63) is 71.0 Å². The fourth-order valence-corrected chi connectivity index (χ4v) is 4.32. The molecule has 2 N–H and O–H groups in total. The number of carboxylic acids is 2. The summed E-state index contributed by atoms with van der Waals surface area (Å²) in [4.78, 5) is 23.6. The van der Waals surface area contributed by atoms with E-state index < -0.39 is 11.9 Å². The number of likely N-dealkylation sites (tertiary alicyclic amines) is 1. The normalized spacial score (nSPS) is 17.3. The third kappa shape index (κ3) is 5.24. The Labute approximate surface area is 185 Å². The van der Waals surface area contributed by atoms with Gasteiger partial charge in [-0.1, -0.05) is 29.8 Å². The summed E-state index contributed by atoms with van der Waals surface area (Å²) in [5.41, 5.74) is 3.13. The molecule has 0 bridgehead atoms. The Kier molecular flexibility index (Phi) is 6.97. The summed E-state index contributed by atoms with van der Waals surface area (Å²) in [6.45, 7) is 2.98. The molecule has 2 aromatic rings. The Hall–Kier alpha value is -2.90. The lowest BCUT2D eigenvalue weighted by molar-refractivity contribution is -0.134. The number of rotatable bonds is 3.